The molecule has 0 aliphatic rings. The Morgan fingerprint density at radius 1 is 1.67 bits per heavy atom. The summed E-state index contributed by atoms with van der Waals surface area (Å²) in [5.41, 5.74) is -0.0540. The highest BCUT2D eigenvalue weighted by atomic mass is 35.5. The van der Waals surface area contributed by atoms with E-state index in [4.69, 9.17) is 11.6 Å². The van der Waals surface area contributed by atoms with E-state index in [1.54, 1.807) is 11.8 Å². The molecule has 0 aliphatic heterocycles. The first-order valence-corrected chi connectivity index (χ1v) is 5.95. The van der Waals surface area contributed by atoms with Crippen molar-refractivity contribution in [3.63, 3.8) is 0 Å². The van der Waals surface area contributed by atoms with Gasteiger partial charge in [-0.25, -0.2) is 4.98 Å². The Bertz CT molecular complexity index is 362. The van der Waals surface area contributed by atoms with E-state index in [-0.39, 0.29) is 10.8 Å². The molecule has 0 aromatic carbocycles. The summed E-state index contributed by atoms with van der Waals surface area (Å²) in [4.78, 5) is 14.0. The van der Waals surface area contributed by atoms with Crippen LogP contribution in [0, 0.1) is 10.1 Å². The third-order valence-electron chi connectivity index (χ3n) is 1.60. The van der Waals surface area contributed by atoms with Crippen LogP contribution in [-0.4, -0.2) is 28.5 Å². The van der Waals surface area contributed by atoms with E-state index in [0.717, 1.165) is 5.75 Å². The molecule has 0 radical (unpaired) electrons. The van der Waals surface area contributed by atoms with Crippen LogP contribution in [0.5, 0.6) is 0 Å². The molecule has 0 fully saturated rings. The number of nitro groups is 1. The van der Waals surface area contributed by atoms with Crippen LogP contribution in [0.1, 0.15) is 0 Å². The first-order chi connectivity index (χ1) is 7.13. The molecule has 1 heterocycles. The van der Waals surface area contributed by atoms with Gasteiger partial charge in [-0.2, -0.15) is 11.8 Å². The lowest BCUT2D eigenvalue weighted by Gasteiger charge is -2.04. The minimum absolute atomic E-state index is 0.0540. The van der Waals surface area contributed by atoms with E-state index in [9.17, 15) is 10.1 Å². The van der Waals surface area contributed by atoms with Crippen molar-refractivity contribution in [3.05, 3.63) is 27.4 Å². The van der Waals surface area contributed by atoms with Gasteiger partial charge in [-0.05, 0) is 6.26 Å². The van der Waals surface area contributed by atoms with Crippen LogP contribution in [0.25, 0.3) is 0 Å². The fraction of sp³-hybridized carbons (Fsp3) is 0.375. The SMILES string of the molecule is CSCCNc1cc([N+](=O)[O-])cc(Cl)n1. The molecule has 15 heavy (non-hydrogen) atoms. The molecule has 0 amide bonds. The zero-order valence-corrected chi connectivity index (χ0v) is 9.64. The van der Waals surface area contributed by atoms with Crippen molar-refractivity contribution in [3.8, 4) is 0 Å². The number of nitrogens with zero attached hydrogens (tertiary/aromatic N) is 2. The summed E-state index contributed by atoms with van der Waals surface area (Å²) < 4.78 is 0. The van der Waals surface area contributed by atoms with Crippen molar-refractivity contribution in [1.29, 1.82) is 0 Å². The lowest BCUT2D eigenvalue weighted by molar-refractivity contribution is -0.384. The zero-order valence-electron chi connectivity index (χ0n) is 8.07. The number of aromatic nitrogens is 1. The average molecular weight is 248 g/mol. The molecule has 0 aliphatic carbocycles. The quantitative estimate of drug-likeness (QED) is 0.375. The monoisotopic (exact) mass is 247 g/mol. The number of anilines is 1. The molecular formula is C8H10ClN3O2S. The van der Waals surface area contributed by atoms with Gasteiger partial charge in [-0.15, -0.1) is 0 Å². The molecule has 0 saturated carbocycles. The first kappa shape index (κ1) is 12.1. The Labute approximate surface area is 96.4 Å². The minimum Gasteiger partial charge on any atom is -0.369 e. The van der Waals surface area contributed by atoms with Crippen LogP contribution < -0.4 is 5.32 Å². The minimum atomic E-state index is -0.493. The van der Waals surface area contributed by atoms with Crippen LogP contribution in [-0.2, 0) is 0 Å². The standard InChI is InChI=1S/C8H10ClN3O2S/c1-15-3-2-10-8-5-6(12(13)14)4-7(9)11-8/h4-5H,2-3H2,1H3,(H,10,11). The molecule has 0 saturated heterocycles. The number of nitrogens with one attached hydrogen (secondary N) is 1. The smallest absolute Gasteiger partial charge is 0.276 e. The second kappa shape index (κ2) is 5.77. The zero-order chi connectivity index (χ0) is 11.3. The topological polar surface area (TPSA) is 68.1 Å². The number of halogens is 1. The number of hydrogen-bond acceptors (Lipinski definition) is 5. The van der Waals surface area contributed by atoms with E-state index < -0.39 is 4.92 Å². The highest BCUT2D eigenvalue weighted by molar-refractivity contribution is 7.98. The van der Waals surface area contributed by atoms with Gasteiger partial charge in [0.05, 0.1) is 17.1 Å². The van der Waals surface area contributed by atoms with Gasteiger partial charge in [0.2, 0.25) is 0 Å². The van der Waals surface area contributed by atoms with Gasteiger partial charge in [-0.3, -0.25) is 10.1 Å². The van der Waals surface area contributed by atoms with Gasteiger partial charge in [0.1, 0.15) is 11.0 Å². The first-order valence-electron chi connectivity index (χ1n) is 4.18. The summed E-state index contributed by atoms with van der Waals surface area (Å²) in [5.74, 6) is 1.34. The van der Waals surface area contributed by atoms with Gasteiger partial charge in [0.25, 0.3) is 5.69 Å². The van der Waals surface area contributed by atoms with E-state index in [2.05, 4.69) is 10.3 Å². The maximum absolute atomic E-state index is 10.5. The maximum Gasteiger partial charge on any atom is 0.276 e. The number of thioether (sulfide) groups is 1. The second-order valence-electron chi connectivity index (χ2n) is 2.71. The van der Waals surface area contributed by atoms with Crippen LogP contribution >= 0.6 is 23.4 Å². The number of hydrogen-bond donors (Lipinski definition) is 1. The van der Waals surface area contributed by atoms with Gasteiger partial charge >= 0.3 is 0 Å². The Morgan fingerprint density at radius 2 is 2.40 bits per heavy atom. The summed E-state index contributed by atoms with van der Waals surface area (Å²) in [5, 5.41) is 13.6. The van der Waals surface area contributed by atoms with Gasteiger partial charge in [0.15, 0.2) is 0 Å². The van der Waals surface area contributed by atoms with Crippen molar-refractivity contribution in [2.75, 3.05) is 23.9 Å². The lowest BCUT2D eigenvalue weighted by Crippen LogP contribution is -2.05. The third-order valence-corrected chi connectivity index (χ3v) is 2.41. The van der Waals surface area contributed by atoms with Crippen molar-refractivity contribution < 1.29 is 4.92 Å². The van der Waals surface area contributed by atoms with Gasteiger partial charge in [-0.1, -0.05) is 11.6 Å². The molecule has 7 heteroatoms. The molecule has 1 N–H and O–H groups in total. The second-order valence-corrected chi connectivity index (χ2v) is 4.08. The summed E-state index contributed by atoms with van der Waals surface area (Å²) in [7, 11) is 0. The average Bonchev–Trinajstić information content (AvgIpc) is 2.17. The van der Waals surface area contributed by atoms with Crippen LogP contribution in [0.15, 0.2) is 12.1 Å². The van der Waals surface area contributed by atoms with Crippen LogP contribution in [0.2, 0.25) is 5.15 Å². The molecule has 5 nitrogen and oxygen atoms in total. The normalized spacial score (nSPS) is 10.0. The van der Waals surface area contributed by atoms with Crippen molar-refractivity contribution >= 4 is 34.9 Å². The Morgan fingerprint density at radius 3 is 3.00 bits per heavy atom. The van der Waals surface area contributed by atoms with Crippen molar-refractivity contribution in [2.24, 2.45) is 0 Å². The molecule has 0 atom stereocenters. The van der Waals surface area contributed by atoms with E-state index in [1.807, 2.05) is 6.26 Å². The molecule has 1 aromatic heterocycles. The highest BCUT2D eigenvalue weighted by Gasteiger charge is 2.09. The predicted octanol–water partition coefficient (Wildman–Crippen LogP) is 2.42. The molecule has 1 rings (SSSR count). The molecule has 82 valence electrons. The summed E-state index contributed by atoms with van der Waals surface area (Å²) >= 11 is 7.32. The fourth-order valence-electron chi connectivity index (χ4n) is 0.961. The largest absolute Gasteiger partial charge is 0.369 e. The van der Waals surface area contributed by atoms with Gasteiger partial charge in [0, 0.05) is 12.3 Å². The van der Waals surface area contributed by atoms with Crippen molar-refractivity contribution in [2.45, 2.75) is 0 Å². The summed E-state index contributed by atoms with van der Waals surface area (Å²) in [6.45, 7) is 0.700. The lowest BCUT2D eigenvalue weighted by atomic mass is 10.4. The van der Waals surface area contributed by atoms with Crippen LogP contribution in [0.3, 0.4) is 0 Å². The molecule has 1 aromatic rings. The Kier molecular flexibility index (Phi) is 4.64. The number of pyridine rings is 1. The van der Waals surface area contributed by atoms with Gasteiger partial charge < -0.3 is 5.32 Å². The van der Waals surface area contributed by atoms with E-state index in [0.29, 0.717) is 12.4 Å². The summed E-state index contributed by atoms with van der Waals surface area (Å²) in [6.07, 6.45) is 1.98. The molecule has 0 spiro atoms. The molecule has 0 unspecified atom stereocenters. The highest BCUT2D eigenvalue weighted by Crippen LogP contribution is 2.20. The van der Waals surface area contributed by atoms with Crippen molar-refractivity contribution in [1.82, 2.24) is 4.98 Å². The summed E-state index contributed by atoms with van der Waals surface area (Å²) in [6, 6.07) is 2.59. The van der Waals surface area contributed by atoms with E-state index >= 15 is 0 Å². The Hall–Kier alpha value is -1.01. The predicted molar refractivity (Wildman–Crippen MR) is 62.8 cm³/mol. The van der Waals surface area contributed by atoms with Crippen LogP contribution in [0.4, 0.5) is 11.5 Å². The maximum atomic E-state index is 10.5. The third kappa shape index (κ3) is 3.93. The van der Waals surface area contributed by atoms with E-state index in [1.165, 1.54) is 12.1 Å². The fourth-order valence-corrected chi connectivity index (χ4v) is 1.47. The number of rotatable bonds is 5. The molecular weight excluding hydrogens is 238 g/mol. The molecule has 0 bridgehead atoms. The Balaban J connectivity index is 2.75.